The Kier molecular flexibility index (Phi) is 4.88. The van der Waals surface area contributed by atoms with E-state index in [-0.39, 0.29) is 0 Å². The van der Waals surface area contributed by atoms with Crippen molar-refractivity contribution in [3.8, 4) is 22.8 Å². The Balaban J connectivity index is 1.67. The third-order valence-corrected chi connectivity index (χ3v) is 4.41. The predicted molar refractivity (Wildman–Crippen MR) is 113 cm³/mol. The summed E-state index contributed by atoms with van der Waals surface area (Å²) in [5.41, 5.74) is 5.57. The SMILES string of the molecule is Cc1cccc(Oc2cc[nH]c2-c2ccccc2C=Cc2ccccc2)c1. The van der Waals surface area contributed by atoms with E-state index in [4.69, 9.17) is 4.74 Å². The fourth-order valence-electron chi connectivity index (χ4n) is 3.08. The van der Waals surface area contributed by atoms with Crippen LogP contribution >= 0.6 is 0 Å². The van der Waals surface area contributed by atoms with Crippen LogP contribution < -0.4 is 4.74 Å². The first-order valence-corrected chi connectivity index (χ1v) is 9.04. The first kappa shape index (κ1) is 16.9. The molecule has 3 aromatic carbocycles. The second-order valence-electron chi connectivity index (χ2n) is 6.47. The number of nitrogens with one attached hydrogen (secondary N) is 1. The molecule has 4 aromatic rings. The second kappa shape index (κ2) is 7.79. The Morgan fingerprint density at radius 2 is 1.59 bits per heavy atom. The summed E-state index contributed by atoms with van der Waals surface area (Å²) in [4.78, 5) is 3.34. The number of hydrogen-bond acceptors (Lipinski definition) is 1. The summed E-state index contributed by atoms with van der Waals surface area (Å²) < 4.78 is 6.15. The van der Waals surface area contributed by atoms with Crippen LogP contribution in [0.1, 0.15) is 16.7 Å². The van der Waals surface area contributed by atoms with Crippen molar-refractivity contribution in [1.82, 2.24) is 4.98 Å². The van der Waals surface area contributed by atoms with Crippen molar-refractivity contribution in [2.24, 2.45) is 0 Å². The van der Waals surface area contributed by atoms with Crippen LogP contribution in [-0.2, 0) is 0 Å². The highest BCUT2D eigenvalue weighted by atomic mass is 16.5. The number of aromatic nitrogens is 1. The van der Waals surface area contributed by atoms with Crippen LogP contribution in [0.25, 0.3) is 23.4 Å². The lowest BCUT2D eigenvalue weighted by atomic mass is 10.0. The van der Waals surface area contributed by atoms with E-state index < -0.39 is 0 Å². The van der Waals surface area contributed by atoms with Gasteiger partial charge in [0.1, 0.15) is 5.75 Å². The van der Waals surface area contributed by atoms with E-state index in [2.05, 4.69) is 60.5 Å². The minimum absolute atomic E-state index is 0.821. The van der Waals surface area contributed by atoms with E-state index in [0.29, 0.717) is 0 Å². The summed E-state index contributed by atoms with van der Waals surface area (Å²) in [6, 6.07) is 28.7. The topological polar surface area (TPSA) is 25.0 Å². The molecule has 0 bridgehead atoms. The number of ether oxygens (including phenoxy) is 1. The maximum absolute atomic E-state index is 6.15. The van der Waals surface area contributed by atoms with Crippen LogP contribution in [-0.4, -0.2) is 4.98 Å². The smallest absolute Gasteiger partial charge is 0.152 e. The molecule has 0 saturated carbocycles. The molecule has 0 spiro atoms. The Bertz CT molecular complexity index is 1060. The van der Waals surface area contributed by atoms with Crippen LogP contribution in [0, 0.1) is 6.92 Å². The Hall–Kier alpha value is -3.52. The third-order valence-electron chi connectivity index (χ3n) is 4.41. The molecule has 132 valence electrons. The molecule has 0 atom stereocenters. The maximum atomic E-state index is 6.15. The highest BCUT2D eigenvalue weighted by Gasteiger charge is 2.11. The molecule has 2 heteroatoms. The van der Waals surface area contributed by atoms with Crippen molar-refractivity contribution in [3.63, 3.8) is 0 Å². The standard InChI is InChI=1S/C25H21NO/c1-19-8-7-12-22(18-19)27-24-16-17-26-25(24)23-13-6-5-11-21(23)15-14-20-9-3-2-4-10-20/h2-18,26H,1H3. The Labute approximate surface area is 159 Å². The van der Waals surface area contributed by atoms with Gasteiger partial charge < -0.3 is 9.72 Å². The zero-order chi connectivity index (χ0) is 18.5. The van der Waals surface area contributed by atoms with Gasteiger partial charge in [-0.15, -0.1) is 0 Å². The molecule has 0 radical (unpaired) electrons. The molecule has 0 aliphatic rings. The monoisotopic (exact) mass is 351 g/mol. The lowest BCUT2D eigenvalue weighted by molar-refractivity contribution is 0.485. The van der Waals surface area contributed by atoms with Crippen molar-refractivity contribution in [2.45, 2.75) is 6.92 Å². The van der Waals surface area contributed by atoms with Gasteiger partial charge in [0.15, 0.2) is 5.75 Å². The van der Waals surface area contributed by atoms with Gasteiger partial charge >= 0.3 is 0 Å². The zero-order valence-corrected chi connectivity index (χ0v) is 15.2. The van der Waals surface area contributed by atoms with Gasteiger partial charge in [-0.1, -0.05) is 78.9 Å². The van der Waals surface area contributed by atoms with E-state index in [1.54, 1.807) is 0 Å². The van der Waals surface area contributed by atoms with Crippen LogP contribution in [0.15, 0.2) is 91.1 Å². The zero-order valence-electron chi connectivity index (χ0n) is 15.2. The molecule has 1 aromatic heterocycles. The van der Waals surface area contributed by atoms with E-state index in [9.17, 15) is 0 Å². The number of rotatable bonds is 5. The molecule has 4 rings (SSSR count). The Morgan fingerprint density at radius 1 is 0.778 bits per heavy atom. The lowest BCUT2D eigenvalue weighted by Crippen LogP contribution is -1.89. The van der Waals surface area contributed by atoms with E-state index in [1.807, 2.05) is 54.7 Å². The van der Waals surface area contributed by atoms with Crippen LogP contribution in [0.5, 0.6) is 11.5 Å². The van der Waals surface area contributed by atoms with Gasteiger partial charge in [0.25, 0.3) is 0 Å². The van der Waals surface area contributed by atoms with Gasteiger partial charge in [0.2, 0.25) is 0 Å². The first-order chi connectivity index (χ1) is 13.3. The van der Waals surface area contributed by atoms with Gasteiger partial charge in [-0.3, -0.25) is 0 Å². The van der Waals surface area contributed by atoms with Crippen molar-refractivity contribution in [1.29, 1.82) is 0 Å². The molecular formula is C25H21NO. The van der Waals surface area contributed by atoms with E-state index in [1.165, 1.54) is 11.1 Å². The lowest BCUT2D eigenvalue weighted by Gasteiger charge is -2.10. The second-order valence-corrected chi connectivity index (χ2v) is 6.47. The van der Waals surface area contributed by atoms with Gasteiger partial charge in [0, 0.05) is 11.8 Å². The van der Waals surface area contributed by atoms with Gasteiger partial charge in [0.05, 0.1) is 5.69 Å². The van der Waals surface area contributed by atoms with E-state index >= 15 is 0 Å². The molecule has 1 N–H and O–H groups in total. The van der Waals surface area contributed by atoms with Crippen LogP contribution in [0.2, 0.25) is 0 Å². The molecular weight excluding hydrogens is 330 g/mol. The summed E-state index contributed by atoms with van der Waals surface area (Å²) in [7, 11) is 0. The number of benzene rings is 3. The van der Waals surface area contributed by atoms with Gasteiger partial charge in [-0.25, -0.2) is 0 Å². The van der Waals surface area contributed by atoms with Crippen molar-refractivity contribution in [3.05, 3.63) is 108 Å². The largest absolute Gasteiger partial charge is 0.455 e. The molecule has 0 fully saturated rings. The molecule has 0 aliphatic carbocycles. The fraction of sp³-hybridized carbons (Fsp3) is 0.0400. The highest BCUT2D eigenvalue weighted by molar-refractivity contribution is 5.81. The molecule has 0 unspecified atom stereocenters. The summed E-state index contributed by atoms with van der Waals surface area (Å²) in [6.07, 6.45) is 6.18. The number of aryl methyl sites for hydroxylation is 1. The average Bonchev–Trinajstić information content (AvgIpc) is 3.15. The minimum Gasteiger partial charge on any atom is -0.455 e. The summed E-state index contributed by atoms with van der Waals surface area (Å²) >= 11 is 0. The summed E-state index contributed by atoms with van der Waals surface area (Å²) in [6.45, 7) is 2.06. The first-order valence-electron chi connectivity index (χ1n) is 9.04. The molecule has 0 amide bonds. The van der Waals surface area contributed by atoms with E-state index in [0.717, 1.165) is 28.3 Å². The molecule has 1 heterocycles. The third kappa shape index (κ3) is 4.01. The Morgan fingerprint density at radius 3 is 2.44 bits per heavy atom. The van der Waals surface area contributed by atoms with Crippen molar-refractivity contribution in [2.75, 3.05) is 0 Å². The predicted octanol–water partition coefficient (Wildman–Crippen LogP) is 6.95. The van der Waals surface area contributed by atoms with Crippen molar-refractivity contribution < 1.29 is 4.74 Å². The average molecular weight is 351 g/mol. The number of aromatic amines is 1. The molecule has 2 nitrogen and oxygen atoms in total. The summed E-state index contributed by atoms with van der Waals surface area (Å²) in [5, 5.41) is 0. The van der Waals surface area contributed by atoms with Crippen molar-refractivity contribution >= 4 is 12.2 Å². The number of hydrogen-bond donors (Lipinski definition) is 1. The number of H-pyrrole nitrogens is 1. The quantitative estimate of drug-likeness (QED) is 0.387. The van der Waals surface area contributed by atoms with Crippen LogP contribution in [0.3, 0.4) is 0 Å². The maximum Gasteiger partial charge on any atom is 0.152 e. The minimum atomic E-state index is 0.821. The molecule has 0 aliphatic heterocycles. The van der Waals surface area contributed by atoms with Gasteiger partial charge in [-0.2, -0.15) is 0 Å². The van der Waals surface area contributed by atoms with Gasteiger partial charge in [-0.05, 0) is 41.8 Å². The fourth-order valence-corrected chi connectivity index (χ4v) is 3.08. The van der Waals surface area contributed by atoms with Crippen LogP contribution in [0.4, 0.5) is 0 Å². The summed E-state index contributed by atoms with van der Waals surface area (Å²) in [5.74, 6) is 1.66. The molecule has 0 saturated heterocycles. The normalized spacial score (nSPS) is 11.0. The molecule has 27 heavy (non-hydrogen) atoms. The highest BCUT2D eigenvalue weighted by Crippen LogP contribution is 2.35.